The third kappa shape index (κ3) is 3.50. The van der Waals surface area contributed by atoms with E-state index in [-0.39, 0.29) is 24.6 Å². The van der Waals surface area contributed by atoms with Gasteiger partial charge in [0.05, 0.1) is 17.8 Å². The number of amides is 2. The first-order chi connectivity index (χ1) is 14.1. The number of fused-ring (bicyclic) bond motifs is 3. The van der Waals surface area contributed by atoms with Crippen molar-refractivity contribution in [1.29, 1.82) is 0 Å². The van der Waals surface area contributed by atoms with Crippen molar-refractivity contribution in [2.24, 2.45) is 0 Å². The van der Waals surface area contributed by atoms with Crippen molar-refractivity contribution in [2.75, 3.05) is 13.1 Å². The SMILES string of the molecule is O=C(O)NCCNC(=O)c1cc(-c2ccccc2)c(=O)n2c1-c1ccccc1C2. The van der Waals surface area contributed by atoms with Gasteiger partial charge in [-0.2, -0.15) is 0 Å². The van der Waals surface area contributed by atoms with E-state index in [2.05, 4.69) is 10.6 Å². The quantitative estimate of drug-likeness (QED) is 0.457. The van der Waals surface area contributed by atoms with Gasteiger partial charge >= 0.3 is 6.09 Å². The molecule has 0 saturated carbocycles. The summed E-state index contributed by atoms with van der Waals surface area (Å²) in [5, 5.41) is 13.6. The van der Waals surface area contributed by atoms with Gasteiger partial charge in [-0.05, 0) is 17.2 Å². The zero-order chi connectivity index (χ0) is 20.4. The molecule has 0 bridgehead atoms. The van der Waals surface area contributed by atoms with Crippen molar-refractivity contribution in [2.45, 2.75) is 6.54 Å². The Labute approximate surface area is 166 Å². The highest BCUT2D eigenvalue weighted by atomic mass is 16.4. The fourth-order valence-electron chi connectivity index (χ4n) is 3.61. The molecular weight excluding hydrogens is 370 g/mol. The zero-order valence-corrected chi connectivity index (χ0v) is 15.5. The summed E-state index contributed by atoms with van der Waals surface area (Å²) in [7, 11) is 0. The standard InChI is InChI=1S/C22H19N3O4/c26-20(23-10-11-24-22(28)29)18-12-17(14-6-2-1-3-7-14)21(27)25-13-15-8-4-5-9-16(15)19(18)25/h1-9,12,24H,10-11,13H2,(H,23,26)(H,28,29). The van der Waals surface area contributed by atoms with Crippen molar-refractivity contribution < 1.29 is 14.7 Å². The van der Waals surface area contributed by atoms with Crippen LogP contribution in [-0.2, 0) is 6.54 Å². The topological polar surface area (TPSA) is 100 Å². The van der Waals surface area contributed by atoms with E-state index in [1.54, 1.807) is 10.6 Å². The lowest BCUT2D eigenvalue weighted by molar-refractivity contribution is 0.0953. The van der Waals surface area contributed by atoms with Crippen LogP contribution in [0.15, 0.2) is 65.5 Å². The average Bonchev–Trinajstić information content (AvgIpc) is 3.12. The van der Waals surface area contributed by atoms with Crippen LogP contribution in [0.3, 0.4) is 0 Å². The molecule has 0 saturated heterocycles. The first-order valence-corrected chi connectivity index (χ1v) is 9.23. The van der Waals surface area contributed by atoms with E-state index in [4.69, 9.17) is 5.11 Å². The summed E-state index contributed by atoms with van der Waals surface area (Å²) in [4.78, 5) is 36.7. The molecule has 4 rings (SSSR count). The van der Waals surface area contributed by atoms with Crippen LogP contribution < -0.4 is 16.2 Å². The van der Waals surface area contributed by atoms with Crippen molar-refractivity contribution in [3.05, 3.63) is 82.1 Å². The monoisotopic (exact) mass is 389 g/mol. The predicted octanol–water partition coefficient (Wildman–Crippen LogP) is 2.54. The van der Waals surface area contributed by atoms with E-state index < -0.39 is 6.09 Å². The molecule has 1 aliphatic heterocycles. The number of nitrogens with zero attached hydrogens (tertiary/aromatic N) is 1. The van der Waals surface area contributed by atoms with Crippen molar-refractivity contribution in [3.8, 4) is 22.4 Å². The van der Waals surface area contributed by atoms with Crippen molar-refractivity contribution in [1.82, 2.24) is 15.2 Å². The van der Waals surface area contributed by atoms with Crippen molar-refractivity contribution >= 4 is 12.0 Å². The molecule has 7 heteroatoms. The second-order valence-electron chi connectivity index (χ2n) is 6.72. The molecule has 0 unspecified atom stereocenters. The van der Waals surface area contributed by atoms with Crippen LogP contribution in [0.1, 0.15) is 15.9 Å². The van der Waals surface area contributed by atoms with Gasteiger partial charge < -0.3 is 20.3 Å². The second kappa shape index (κ2) is 7.63. The van der Waals surface area contributed by atoms with E-state index >= 15 is 0 Å². The number of benzene rings is 2. The van der Waals surface area contributed by atoms with E-state index in [9.17, 15) is 14.4 Å². The summed E-state index contributed by atoms with van der Waals surface area (Å²) >= 11 is 0. The Kier molecular flexibility index (Phi) is 4.87. The Hall–Kier alpha value is -3.87. The molecular formula is C22H19N3O4. The van der Waals surface area contributed by atoms with Crippen molar-refractivity contribution in [3.63, 3.8) is 0 Å². The molecule has 0 aliphatic carbocycles. The van der Waals surface area contributed by atoms with Crippen LogP contribution in [0.4, 0.5) is 4.79 Å². The maximum atomic E-state index is 13.2. The van der Waals surface area contributed by atoms with Gasteiger partial charge in [0.15, 0.2) is 0 Å². The Morgan fingerprint density at radius 3 is 2.38 bits per heavy atom. The van der Waals surface area contributed by atoms with Gasteiger partial charge in [0.2, 0.25) is 0 Å². The van der Waals surface area contributed by atoms with Gasteiger partial charge in [-0.1, -0.05) is 54.6 Å². The maximum Gasteiger partial charge on any atom is 0.404 e. The fraction of sp³-hybridized carbons (Fsp3) is 0.136. The smallest absolute Gasteiger partial charge is 0.404 e. The number of hydrogen-bond donors (Lipinski definition) is 3. The molecule has 2 aromatic carbocycles. The highest BCUT2D eigenvalue weighted by Crippen LogP contribution is 2.34. The van der Waals surface area contributed by atoms with E-state index in [0.29, 0.717) is 23.4 Å². The van der Waals surface area contributed by atoms with Crippen LogP contribution in [0.25, 0.3) is 22.4 Å². The normalized spacial score (nSPS) is 11.4. The Morgan fingerprint density at radius 2 is 1.62 bits per heavy atom. The molecule has 3 aromatic rings. The Balaban J connectivity index is 1.79. The number of aromatic nitrogens is 1. The molecule has 7 nitrogen and oxygen atoms in total. The molecule has 1 aliphatic rings. The van der Waals surface area contributed by atoms with Gasteiger partial charge in [0.1, 0.15) is 0 Å². The minimum absolute atomic E-state index is 0.0954. The number of carbonyl (C=O) groups is 2. The first kappa shape index (κ1) is 18.5. The van der Waals surface area contributed by atoms with E-state index in [1.807, 2.05) is 54.6 Å². The number of nitrogens with one attached hydrogen (secondary N) is 2. The van der Waals surface area contributed by atoms with Gasteiger partial charge in [0.25, 0.3) is 11.5 Å². The molecule has 146 valence electrons. The lowest BCUT2D eigenvalue weighted by atomic mass is 9.99. The van der Waals surface area contributed by atoms with Gasteiger partial charge in [-0.25, -0.2) is 4.79 Å². The molecule has 3 N–H and O–H groups in total. The minimum Gasteiger partial charge on any atom is -0.465 e. The molecule has 0 atom stereocenters. The van der Waals surface area contributed by atoms with Crippen LogP contribution in [-0.4, -0.2) is 34.8 Å². The third-order valence-corrected chi connectivity index (χ3v) is 4.91. The lowest BCUT2D eigenvalue weighted by Gasteiger charge is -2.14. The number of rotatable bonds is 5. The molecule has 1 aromatic heterocycles. The third-order valence-electron chi connectivity index (χ3n) is 4.91. The van der Waals surface area contributed by atoms with Gasteiger partial charge in [-0.3, -0.25) is 9.59 Å². The highest BCUT2D eigenvalue weighted by molar-refractivity contribution is 6.02. The largest absolute Gasteiger partial charge is 0.465 e. The summed E-state index contributed by atoms with van der Waals surface area (Å²) < 4.78 is 1.64. The van der Waals surface area contributed by atoms with Crippen LogP contribution in [0.2, 0.25) is 0 Å². The van der Waals surface area contributed by atoms with E-state index in [0.717, 1.165) is 16.7 Å². The lowest BCUT2D eigenvalue weighted by Crippen LogP contribution is -2.35. The first-order valence-electron chi connectivity index (χ1n) is 9.23. The molecule has 29 heavy (non-hydrogen) atoms. The summed E-state index contributed by atoms with van der Waals surface area (Å²) in [6.07, 6.45) is -1.15. The fourth-order valence-corrected chi connectivity index (χ4v) is 3.61. The van der Waals surface area contributed by atoms with Crippen LogP contribution >= 0.6 is 0 Å². The Morgan fingerprint density at radius 1 is 0.931 bits per heavy atom. The van der Waals surface area contributed by atoms with Gasteiger partial charge in [0, 0.05) is 24.2 Å². The second-order valence-corrected chi connectivity index (χ2v) is 6.72. The van der Waals surface area contributed by atoms with Crippen LogP contribution in [0.5, 0.6) is 0 Å². The molecule has 0 fully saturated rings. The molecule has 2 amide bonds. The zero-order valence-electron chi connectivity index (χ0n) is 15.5. The molecule has 0 spiro atoms. The molecule has 0 radical (unpaired) electrons. The highest BCUT2D eigenvalue weighted by Gasteiger charge is 2.27. The van der Waals surface area contributed by atoms with E-state index in [1.165, 1.54) is 0 Å². The number of hydrogen-bond acceptors (Lipinski definition) is 3. The van der Waals surface area contributed by atoms with Crippen LogP contribution in [0, 0.1) is 0 Å². The maximum absolute atomic E-state index is 13.2. The Bertz CT molecular complexity index is 1150. The number of carbonyl (C=O) groups excluding carboxylic acids is 1. The summed E-state index contributed by atoms with van der Waals surface area (Å²) in [5.74, 6) is -0.352. The molecule has 2 heterocycles. The summed E-state index contributed by atoms with van der Waals surface area (Å²) in [6, 6.07) is 18.5. The summed E-state index contributed by atoms with van der Waals surface area (Å²) in [5.41, 5.74) is 3.87. The number of carboxylic acid groups (broad SMARTS) is 1. The van der Waals surface area contributed by atoms with Gasteiger partial charge in [-0.15, -0.1) is 0 Å². The summed E-state index contributed by atoms with van der Waals surface area (Å²) in [6.45, 7) is 0.649. The predicted molar refractivity (Wildman–Crippen MR) is 109 cm³/mol. The number of pyridine rings is 1. The average molecular weight is 389 g/mol. The minimum atomic E-state index is -1.15.